The highest BCUT2D eigenvalue weighted by atomic mass is 16.4. The summed E-state index contributed by atoms with van der Waals surface area (Å²) in [6.45, 7) is 3.09. The number of carboxylic acid groups (broad SMARTS) is 2. The summed E-state index contributed by atoms with van der Waals surface area (Å²) in [5.41, 5.74) is 0. The summed E-state index contributed by atoms with van der Waals surface area (Å²) in [4.78, 5) is 22.9. The third kappa shape index (κ3) is 5.46. The predicted molar refractivity (Wildman–Crippen MR) is 69.4 cm³/mol. The van der Waals surface area contributed by atoms with Crippen LogP contribution in [0.4, 0.5) is 5.88 Å². The summed E-state index contributed by atoms with van der Waals surface area (Å²) < 4.78 is 5.55. The van der Waals surface area contributed by atoms with Gasteiger partial charge in [0.2, 0.25) is 0 Å². The Balaban J connectivity index is 2.62. The molecule has 2 N–H and O–H groups in total. The Morgan fingerprint density at radius 3 is 2.42 bits per heavy atom. The summed E-state index contributed by atoms with van der Waals surface area (Å²) in [5, 5.41) is 17.3. The molecule has 0 atom stereocenters. The van der Waals surface area contributed by atoms with Gasteiger partial charge >= 0.3 is 11.9 Å². The van der Waals surface area contributed by atoms with Gasteiger partial charge in [-0.05, 0) is 12.5 Å². The molecule has 106 valence electrons. The number of carboxylic acids is 2. The molecule has 1 aromatic rings. The Bertz CT molecular complexity index is 426. The minimum atomic E-state index is -0.866. The van der Waals surface area contributed by atoms with Gasteiger partial charge in [-0.3, -0.25) is 9.59 Å². The Labute approximate surface area is 111 Å². The van der Waals surface area contributed by atoms with Crippen LogP contribution in [0.25, 0.3) is 0 Å². The molecule has 0 bridgehead atoms. The van der Waals surface area contributed by atoms with Gasteiger partial charge in [-0.25, -0.2) is 0 Å². The Hall–Kier alpha value is -1.98. The summed E-state index contributed by atoms with van der Waals surface area (Å²) in [7, 11) is 0. The molecule has 6 nitrogen and oxygen atoms in total. The molecule has 0 aliphatic heterocycles. The molecule has 0 saturated heterocycles. The molecule has 0 spiro atoms. The van der Waals surface area contributed by atoms with Crippen LogP contribution in [0.15, 0.2) is 16.5 Å². The first-order chi connectivity index (χ1) is 9.02. The van der Waals surface area contributed by atoms with E-state index in [0.717, 1.165) is 6.42 Å². The van der Waals surface area contributed by atoms with Crippen LogP contribution in [-0.2, 0) is 16.0 Å². The second kappa shape index (κ2) is 7.45. The van der Waals surface area contributed by atoms with E-state index >= 15 is 0 Å². The van der Waals surface area contributed by atoms with Crippen LogP contribution in [0, 0.1) is 0 Å². The Morgan fingerprint density at radius 2 is 1.84 bits per heavy atom. The van der Waals surface area contributed by atoms with Gasteiger partial charge in [0.15, 0.2) is 5.88 Å². The van der Waals surface area contributed by atoms with E-state index in [0.29, 0.717) is 31.2 Å². The lowest BCUT2D eigenvalue weighted by Gasteiger charge is -2.20. The smallest absolute Gasteiger partial charge is 0.305 e. The van der Waals surface area contributed by atoms with E-state index in [4.69, 9.17) is 14.6 Å². The van der Waals surface area contributed by atoms with Crippen LogP contribution in [0.1, 0.15) is 31.9 Å². The zero-order valence-electron chi connectivity index (χ0n) is 11.0. The minimum Gasteiger partial charge on any atom is -0.481 e. The zero-order chi connectivity index (χ0) is 14.3. The van der Waals surface area contributed by atoms with Crippen LogP contribution in [-0.4, -0.2) is 35.2 Å². The van der Waals surface area contributed by atoms with Crippen LogP contribution < -0.4 is 4.90 Å². The average molecular weight is 269 g/mol. The number of hydrogen-bond donors (Lipinski definition) is 2. The number of hydrogen-bond acceptors (Lipinski definition) is 4. The lowest BCUT2D eigenvalue weighted by atomic mass is 10.2. The zero-order valence-corrected chi connectivity index (χ0v) is 11.0. The number of rotatable bonds is 9. The molecule has 1 rings (SSSR count). The van der Waals surface area contributed by atoms with Crippen molar-refractivity contribution in [2.45, 2.75) is 32.6 Å². The quantitative estimate of drug-likeness (QED) is 0.712. The predicted octanol–water partition coefficient (Wildman–Crippen LogP) is 1.99. The second-order valence-electron chi connectivity index (χ2n) is 4.26. The molecule has 0 amide bonds. The largest absolute Gasteiger partial charge is 0.481 e. The van der Waals surface area contributed by atoms with Gasteiger partial charge in [-0.1, -0.05) is 6.92 Å². The number of aliphatic carboxylic acids is 2. The number of nitrogens with zero attached hydrogens (tertiary/aromatic N) is 1. The maximum atomic E-state index is 10.6. The molecule has 6 heteroatoms. The van der Waals surface area contributed by atoms with Gasteiger partial charge in [-0.2, -0.15) is 0 Å². The SMILES string of the molecule is CCCN(CCC(=O)O)c1ccc(CCC(=O)O)o1. The van der Waals surface area contributed by atoms with E-state index in [1.807, 2.05) is 11.8 Å². The molecular weight excluding hydrogens is 250 g/mol. The van der Waals surface area contributed by atoms with Crippen molar-refractivity contribution >= 4 is 17.8 Å². The Kier molecular flexibility index (Phi) is 5.92. The second-order valence-corrected chi connectivity index (χ2v) is 4.26. The van der Waals surface area contributed by atoms with Crippen LogP contribution in [0.3, 0.4) is 0 Å². The van der Waals surface area contributed by atoms with Gasteiger partial charge in [0.05, 0.1) is 12.8 Å². The summed E-state index contributed by atoms with van der Waals surface area (Å²) >= 11 is 0. The molecular formula is C13H19NO5. The molecule has 1 heterocycles. The first-order valence-corrected chi connectivity index (χ1v) is 6.30. The fraction of sp³-hybridized carbons (Fsp3) is 0.538. The first-order valence-electron chi connectivity index (χ1n) is 6.30. The van der Waals surface area contributed by atoms with Crippen molar-refractivity contribution in [1.29, 1.82) is 0 Å². The monoisotopic (exact) mass is 269 g/mol. The van der Waals surface area contributed by atoms with Crippen molar-refractivity contribution in [1.82, 2.24) is 0 Å². The summed E-state index contributed by atoms with van der Waals surface area (Å²) in [5.74, 6) is -0.509. The summed E-state index contributed by atoms with van der Waals surface area (Å²) in [6, 6.07) is 3.50. The van der Waals surface area contributed by atoms with E-state index < -0.39 is 11.9 Å². The molecule has 0 aliphatic carbocycles. The number of furan rings is 1. The van der Waals surface area contributed by atoms with Gasteiger partial charge in [0.1, 0.15) is 5.76 Å². The maximum absolute atomic E-state index is 10.6. The third-order valence-electron chi connectivity index (χ3n) is 2.63. The molecule has 0 aromatic carbocycles. The van der Waals surface area contributed by atoms with Crippen molar-refractivity contribution in [3.63, 3.8) is 0 Å². The minimum absolute atomic E-state index is 0.0237. The lowest BCUT2D eigenvalue weighted by molar-refractivity contribution is -0.137. The molecule has 19 heavy (non-hydrogen) atoms. The maximum Gasteiger partial charge on any atom is 0.305 e. The average Bonchev–Trinajstić information content (AvgIpc) is 2.80. The normalized spacial score (nSPS) is 10.4. The van der Waals surface area contributed by atoms with Crippen molar-refractivity contribution < 1.29 is 24.2 Å². The highest BCUT2D eigenvalue weighted by Gasteiger charge is 2.12. The van der Waals surface area contributed by atoms with Gasteiger partial charge in [-0.15, -0.1) is 0 Å². The number of carbonyl (C=O) groups is 2. The van der Waals surface area contributed by atoms with E-state index in [-0.39, 0.29) is 12.8 Å². The third-order valence-corrected chi connectivity index (χ3v) is 2.63. The topological polar surface area (TPSA) is 91.0 Å². The fourth-order valence-corrected chi connectivity index (χ4v) is 1.73. The molecule has 0 saturated carbocycles. The van der Waals surface area contributed by atoms with E-state index in [9.17, 15) is 9.59 Å². The van der Waals surface area contributed by atoms with Crippen LogP contribution in [0.5, 0.6) is 0 Å². The van der Waals surface area contributed by atoms with Crippen LogP contribution in [0.2, 0.25) is 0 Å². The fourth-order valence-electron chi connectivity index (χ4n) is 1.73. The van der Waals surface area contributed by atoms with Crippen molar-refractivity contribution in [2.75, 3.05) is 18.0 Å². The summed E-state index contributed by atoms with van der Waals surface area (Å²) in [6.07, 6.45) is 1.29. The molecule has 1 aromatic heterocycles. The van der Waals surface area contributed by atoms with E-state index in [1.54, 1.807) is 12.1 Å². The van der Waals surface area contributed by atoms with Gasteiger partial charge in [0, 0.05) is 25.6 Å². The standard InChI is InChI=1S/C13H19NO5/c1-2-8-14(9-7-13(17)18)11-5-3-10(19-11)4-6-12(15)16/h3,5H,2,4,6-9H2,1H3,(H,15,16)(H,17,18). The van der Waals surface area contributed by atoms with Crippen molar-refractivity contribution in [2.24, 2.45) is 0 Å². The van der Waals surface area contributed by atoms with Gasteiger partial charge < -0.3 is 19.5 Å². The number of anilines is 1. The lowest BCUT2D eigenvalue weighted by Crippen LogP contribution is -2.26. The van der Waals surface area contributed by atoms with Crippen molar-refractivity contribution in [3.05, 3.63) is 17.9 Å². The van der Waals surface area contributed by atoms with Gasteiger partial charge in [0.25, 0.3) is 0 Å². The molecule has 0 unspecified atom stereocenters. The highest BCUT2D eigenvalue weighted by Crippen LogP contribution is 2.20. The molecule has 0 fully saturated rings. The van der Waals surface area contributed by atoms with E-state index in [2.05, 4.69) is 0 Å². The number of aryl methyl sites for hydroxylation is 1. The van der Waals surface area contributed by atoms with Crippen LogP contribution >= 0.6 is 0 Å². The molecule has 0 radical (unpaired) electrons. The molecule has 0 aliphatic rings. The first kappa shape index (κ1) is 15.1. The van der Waals surface area contributed by atoms with Crippen molar-refractivity contribution in [3.8, 4) is 0 Å². The van der Waals surface area contributed by atoms with E-state index in [1.165, 1.54) is 0 Å². The Morgan fingerprint density at radius 1 is 1.16 bits per heavy atom. The highest BCUT2D eigenvalue weighted by molar-refractivity contribution is 5.67.